The van der Waals surface area contributed by atoms with Gasteiger partial charge in [-0.15, -0.1) is 0 Å². The molecule has 17 heavy (non-hydrogen) atoms. The zero-order chi connectivity index (χ0) is 13.3. The van der Waals surface area contributed by atoms with Crippen LogP contribution in [0.4, 0.5) is 13.2 Å². The molecular weight excluding hydrogens is 325 g/mol. The summed E-state index contributed by atoms with van der Waals surface area (Å²) in [7, 11) is -4.37. The van der Waals surface area contributed by atoms with Gasteiger partial charge in [-0.2, -0.15) is 21.6 Å². The van der Waals surface area contributed by atoms with Gasteiger partial charge in [0.1, 0.15) is 0 Å². The summed E-state index contributed by atoms with van der Waals surface area (Å²) in [6.45, 7) is -0.211. The van der Waals surface area contributed by atoms with Crippen LogP contribution in [0.3, 0.4) is 0 Å². The Bertz CT molecular complexity index is 511. The van der Waals surface area contributed by atoms with Crippen molar-refractivity contribution in [2.45, 2.75) is 18.0 Å². The molecule has 0 heterocycles. The molecule has 1 rings (SSSR count). The maximum absolute atomic E-state index is 11.8. The molecule has 0 bridgehead atoms. The Morgan fingerprint density at radius 3 is 2.41 bits per heavy atom. The summed E-state index contributed by atoms with van der Waals surface area (Å²) in [5.41, 5.74) is 0.585. The van der Waals surface area contributed by atoms with E-state index in [-0.39, 0.29) is 4.90 Å². The lowest BCUT2D eigenvalue weighted by atomic mass is 10.2. The van der Waals surface area contributed by atoms with Gasteiger partial charge in [0, 0.05) is 4.47 Å². The van der Waals surface area contributed by atoms with Crippen molar-refractivity contribution in [2.75, 3.05) is 6.61 Å². The summed E-state index contributed by atoms with van der Waals surface area (Å²) in [5.74, 6) is 0. The highest BCUT2D eigenvalue weighted by atomic mass is 79.9. The van der Waals surface area contributed by atoms with E-state index in [1.807, 2.05) is 0 Å². The molecule has 0 spiro atoms. The van der Waals surface area contributed by atoms with Crippen molar-refractivity contribution in [3.05, 3.63) is 28.2 Å². The molecule has 3 nitrogen and oxygen atoms in total. The number of rotatable bonds is 3. The first-order valence-electron chi connectivity index (χ1n) is 4.34. The van der Waals surface area contributed by atoms with Gasteiger partial charge in [-0.1, -0.05) is 15.9 Å². The van der Waals surface area contributed by atoms with Crippen LogP contribution in [-0.4, -0.2) is 21.2 Å². The molecule has 1 aromatic rings. The Balaban J connectivity index is 2.94. The summed E-state index contributed by atoms with van der Waals surface area (Å²) in [6.07, 6.45) is -4.68. The molecule has 1 aromatic carbocycles. The lowest BCUT2D eigenvalue weighted by Gasteiger charge is -2.09. The maximum atomic E-state index is 11.8. The average molecular weight is 333 g/mol. The van der Waals surface area contributed by atoms with Crippen LogP contribution in [0.1, 0.15) is 5.56 Å². The Morgan fingerprint density at radius 1 is 1.35 bits per heavy atom. The molecule has 0 aliphatic rings. The van der Waals surface area contributed by atoms with Crippen LogP contribution in [0.5, 0.6) is 0 Å². The number of halogens is 4. The third-order valence-electron chi connectivity index (χ3n) is 1.80. The molecule has 96 valence electrons. The molecule has 8 heteroatoms. The molecule has 0 amide bonds. The van der Waals surface area contributed by atoms with Crippen LogP contribution >= 0.6 is 15.9 Å². The minimum Gasteiger partial charge on any atom is -0.257 e. The minimum absolute atomic E-state index is 0.303. The third kappa shape index (κ3) is 4.29. The van der Waals surface area contributed by atoms with E-state index in [0.29, 0.717) is 10.0 Å². The van der Waals surface area contributed by atoms with Gasteiger partial charge >= 0.3 is 6.18 Å². The van der Waals surface area contributed by atoms with E-state index in [4.69, 9.17) is 0 Å². The van der Waals surface area contributed by atoms with Gasteiger partial charge in [-0.05, 0) is 30.7 Å². The zero-order valence-corrected chi connectivity index (χ0v) is 11.0. The fraction of sp³-hybridized carbons (Fsp3) is 0.333. The largest absolute Gasteiger partial charge is 0.413 e. The van der Waals surface area contributed by atoms with Gasteiger partial charge in [-0.25, -0.2) is 0 Å². The van der Waals surface area contributed by atoms with Gasteiger partial charge in [0.05, 0.1) is 4.90 Å². The van der Waals surface area contributed by atoms with Crippen LogP contribution in [0.15, 0.2) is 27.6 Å². The highest BCUT2D eigenvalue weighted by molar-refractivity contribution is 9.10. The van der Waals surface area contributed by atoms with E-state index in [2.05, 4.69) is 20.1 Å². The smallest absolute Gasteiger partial charge is 0.257 e. The molecule has 0 radical (unpaired) electrons. The summed E-state index contributed by atoms with van der Waals surface area (Å²) < 4.78 is 62.9. The molecule has 0 atom stereocenters. The van der Waals surface area contributed by atoms with Crippen LogP contribution in [0.25, 0.3) is 0 Å². The Kier molecular flexibility index (Phi) is 4.21. The second-order valence-corrected chi connectivity index (χ2v) is 5.71. The first-order chi connectivity index (χ1) is 7.62. The van der Waals surface area contributed by atoms with Gasteiger partial charge in [0.15, 0.2) is 6.61 Å². The molecule has 0 saturated carbocycles. The summed E-state index contributed by atoms with van der Waals surface area (Å²) in [4.78, 5) is -0.303. The molecule has 0 saturated heterocycles. The van der Waals surface area contributed by atoms with E-state index < -0.39 is 22.9 Å². The van der Waals surface area contributed by atoms with Crippen molar-refractivity contribution >= 4 is 26.0 Å². The number of hydrogen-bond donors (Lipinski definition) is 0. The Labute approximate surface area is 105 Å². The predicted octanol–water partition coefficient (Wildman–Crippen LogP) is 3.03. The van der Waals surface area contributed by atoms with Crippen molar-refractivity contribution in [3.63, 3.8) is 0 Å². The SMILES string of the molecule is Cc1cc(S(=O)(=O)OCC(F)(F)F)ccc1Br. The van der Waals surface area contributed by atoms with Crippen molar-refractivity contribution in [1.82, 2.24) is 0 Å². The van der Waals surface area contributed by atoms with Gasteiger partial charge in [-0.3, -0.25) is 4.18 Å². The van der Waals surface area contributed by atoms with E-state index in [1.54, 1.807) is 6.92 Å². The average Bonchev–Trinajstić information content (AvgIpc) is 2.18. The topological polar surface area (TPSA) is 43.4 Å². The van der Waals surface area contributed by atoms with Crippen LogP contribution < -0.4 is 0 Å². The van der Waals surface area contributed by atoms with Crippen molar-refractivity contribution < 1.29 is 25.8 Å². The van der Waals surface area contributed by atoms with Crippen molar-refractivity contribution in [2.24, 2.45) is 0 Å². The highest BCUT2D eigenvalue weighted by Gasteiger charge is 2.31. The Morgan fingerprint density at radius 2 is 1.94 bits per heavy atom. The standard InChI is InChI=1S/C9H8BrF3O3S/c1-6-4-7(2-3-8(6)10)17(14,15)16-5-9(11,12)13/h2-4H,5H2,1H3. The Hall–Kier alpha value is -0.600. The highest BCUT2D eigenvalue weighted by Crippen LogP contribution is 2.23. The second-order valence-electron chi connectivity index (χ2n) is 3.24. The van der Waals surface area contributed by atoms with E-state index in [1.165, 1.54) is 18.2 Å². The van der Waals surface area contributed by atoms with Crippen LogP contribution in [0.2, 0.25) is 0 Å². The molecular formula is C9H8BrF3O3S. The molecule has 0 unspecified atom stereocenters. The van der Waals surface area contributed by atoms with Gasteiger partial charge in [0.25, 0.3) is 10.1 Å². The maximum Gasteiger partial charge on any atom is 0.413 e. The fourth-order valence-electron chi connectivity index (χ4n) is 0.985. The summed E-state index contributed by atoms with van der Waals surface area (Å²) in [6, 6.07) is 3.83. The predicted molar refractivity (Wildman–Crippen MR) is 58.1 cm³/mol. The number of hydrogen-bond acceptors (Lipinski definition) is 3. The van der Waals surface area contributed by atoms with Crippen molar-refractivity contribution in [3.8, 4) is 0 Å². The molecule has 0 aliphatic heterocycles. The first kappa shape index (κ1) is 14.5. The van der Waals surface area contributed by atoms with E-state index >= 15 is 0 Å². The quantitative estimate of drug-likeness (QED) is 0.799. The monoisotopic (exact) mass is 332 g/mol. The number of aryl methyl sites for hydroxylation is 1. The molecule has 0 fully saturated rings. The molecule has 0 aromatic heterocycles. The van der Waals surface area contributed by atoms with Crippen LogP contribution in [0, 0.1) is 6.92 Å². The van der Waals surface area contributed by atoms with E-state index in [9.17, 15) is 21.6 Å². The summed E-state index contributed by atoms with van der Waals surface area (Å²) >= 11 is 3.15. The normalized spacial score (nSPS) is 12.8. The lowest BCUT2D eigenvalue weighted by molar-refractivity contribution is -0.152. The second kappa shape index (κ2) is 4.95. The van der Waals surface area contributed by atoms with Gasteiger partial charge < -0.3 is 0 Å². The lowest BCUT2D eigenvalue weighted by Crippen LogP contribution is -2.20. The van der Waals surface area contributed by atoms with Crippen molar-refractivity contribution in [1.29, 1.82) is 0 Å². The van der Waals surface area contributed by atoms with Crippen LogP contribution in [-0.2, 0) is 14.3 Å². The number of alkyl halides is 3. The third-order valence-corrected chi connectivity index (χ3v) is 3.95. The number of benzene rings is 1. The first-order valence-corrected chi connectivity index (χ1v) is 6.54. The molecule has 0 N–H and O–H groups in total. The van der Waals surface area contributed by atoms with Gasteiger partial charge in [0.2, 0.25) is 0 Å². The van der Waals surface area contributed by atoms with E-state index in [0.717, 1.165) is 0 Å². The fourth-order valence-corrected chi connectivity index (χ4v) is 2.21. The zero-order valence-electron chi connectivity index (χ0n) is 8.58. The summed E-state index contributed by atoms with van der Waals surface area (Å²) in [5, 5.41) is 0. The molecule has 0 aliphatic carbocycles. The minimum atomic E-state index is -4.68.